The van der Waals surface area contributed by atoms with Crippen LogP contribution in [0.25, 0.3) is 0 Å². The molecule has 0 aliphatic carbocycles. The van der Waals surface area contributed by atoms with E-state index in [4.69, 9.17) is 4.74 Å². The molecule has 2 aromatic carbocycles. The zero-order valence-corrected chi connectivity index (χ0v) is 18.5. The summed E-state index contributed by atoms with van der Waals surface area (Å²) in [4.78, 5) is 37.1. The van der Waals surface area contributed by atoms with Gasteiger partial charge in [-0.25, -0.2) is 12.7 Å². The van der Waals surface area contributed by atoms with Crippen LogP contribution >= 0.6 is 0 Å². The standard InChI is InChI=1S/C22H24N2O6S/c1-13(2)24-22(27)17-10-9-16(11-19(17)31(24,28)29)21(26)23-18(12-20(25)30-4)15-7-5-14(3)6-8-15/h5-11,13,18H,12H2,1-4H3,(H,23,26). The highest BCUT2D eigenvalue weighted by Gasteiger charge is 2.43. The summed E-state index contributed by atoms with van der Waals surface area (Å²) in [6.07, 6.45) is -0.0891. The number of hydrogen-bond acceptors (Lipinski definition) is 6. The molecule has 9 heteroatoms. The smallest absolute Gasteiger partial charge is 0.307 e. The molecule has 164 valence electrons. The molecule has 0 saturated heterocycles. The van der Waals surface area contributed by atoms with Crippen molar-refractivity contribution in [3.8, 4) is 0 Å². The zero-order valence-electron chi connectivity index (χ0n) is 17.7. The molecule has 8 nitrogen and oxygen atoms in total. The van der Waals surface area contributed by atoms with E-state index >= 15 is 0 Å². The quantitative estimate of drug-likeness (QED) is 0.686. The third kappa shape index (κ3) is 4.32. The Labute approximate surface area is 181 Å². The molecule has 1 unspecified atom stereocenters. The second-order valence-electron chi connectivity index (χ2n) is 7.63. The highest BCUT2D eigenvalue weighted by molar-refractivity contribution is 7.90. The highest BCUT2D eigenvalue weighted by atomic mass is 32.2. The molecule has 1 aliphatic rings. The Morgan fingerprint density at radius 3 is 2.32 bits per heavy atom. The van der Waals surface area contributed by atoms with E-state index in [0.717, 1.165) is 9.87 Å². The van der Waals surface area contributed by atoms with Crippen LogP contribution in [0.4, 0.5) is 0 Å². The van der Waals surface area contributed by atoms with E-state index in [1.165, 1.54) is 25.3 Å². The topological polar surface area (TPSA) is 110 Å². The van der Waals surface area contributed by atoms with Crippen LogP contribution in [0.5, 0.6) is 0 Å². The number of hydrogen-bond donors (Lipinski definition) is 1. The Morgan fingerprint density at radius 2 is 1.74 bits per heavy atom. The number of nitrogens with zero attached hydrogens (tertiary/aromatic N) is 1. The van der Waals surface area contributed by atoms with Crippen molar-refractivity contribution in [1.82, 2.24) is 9.62 Å². The molecular formula is C22H24N2O6S. The van der Waals surface area contributed by atoms with E-state index in [9.17, 15) is 22.8 Å². The minimum absolute atomic E-state index is 0.0369. The van der Waals surface area contributed by atoms with E-state index in [0.29, 0.717) is 5.56 Å². The summed E-state index contributed by atoms with van der Waals surface area (Å²) in [5, 5.41) is 2.76. The Kier molecular flexibility index (Phi) is 6.17. The predicted octanol–water partition coefficient (Wildman–Crippen LogP) is 2.58. The van der Waals surface area contributed by atoms with Crippen molar-refractivity contribution >= 4 is 27.8 Å². The molecule has 0 aromatic heterocycles. The summed E-state index contributed by atoms with van der Waals surface area (Å²) < 4.78 is 31.1. The molecule has 1 heterocycles. The lowest BCUT2D eigenvalue weighted by Gasteiger charge is -2.19. The van der Waals surface area contributed by atoms with Gasteiger partial charge in [-0.2, -0.15) is 0 Å². The minimum atomic E-state index is -4.03. The molecule has 0 bridgehead atoms. The largest absolute Gasteiger partial charge is 0.469 e. The lowest BCUT2D eigenvalue weighted by molar-refractivity contribution is -0.141. The number of amides is 2. The number of benzene rings is 2. The minimum Gasteiger partial charge on any atom is -0.469 e. The van der Waals surface area contributed by atoms with Gasteiger partial charge in [-0.15, -0.1) is 0 Å². The van der Waals surface area contributed by atoms with Crippen molar-refractivity contribution in [3.05, 3.63) is 64.7 Å². The molecule has 0 radical (unpaired) electrons. The maximum Gasteiger partial charge on any atom is 0.307 e. The average molecular weight is 445 g/mol. The second kappa shape index (κ2) is 8.50. The lowest BCUT2D eigenvalue weighted by Crippen LogP contribution is -2.36. The Morgan fingerprint density at radius 1 is 1.10 bits per heavy atom. The fourth-order valence-electron chi connectivity index (χ4n) is 3.44. The molecule has 2 amide bonds. The van der Waals surface area contributed by atoms with Gasteiger partial charge in [-0.05, 0) is 44.5 Å². The summed E-state index contributed by atoms with van der Waals surface area (Å²) in [5.74, 6) is -1.68. The molecule has 0 spiro atoms. The Hall–Kier alpha value is -3.20. The van der Waals surface area contributed by atoms with Crippen LogP contribution < -0.4 is 5.32 Å². The first kappa shape index (κ1) is 22.5. The van der Waals surface area contributed by atoms with Crippen LogP contribution in [0, 0.1) is 6.92 Å². The van der Waals surface area contributed by atoms with Gasteiger partial charge in [0.2, 0.25) is 0 Å². The molecule has 0 saturated carbocycles. The number of nitrogens with one attached hydrogen (secondary N) is 1. The number of sulfonamides is 1. The molecule has 31 heavy (non-hydrogen) atoms. The van der Waals surface area contributed by atoms with Crippen molar-refractivity contribution in [2.75, 3.05) is 7.11 Å². The monoisotopic (exact) mass is 444 g/mol. The van der Waals surface area contributed by atoms with Crippen LogP contribution in [0.2, 0.25) is 0 Å². The number of fused-ring (bicyclic) bond motifs is 1. The van der Waals surface area contributed by atoms with Crippen LogP contribution in [-0.4, -0.2) is 43.7 Å². The Balaban J connectivity index is 1.92. The fraction of sp³-hybridized carbons (Fsp3) is 0.318. The summed E-state index contributed by atoms with van der Waals surface area (Å²) >= 11 is 0. The van der Waals surface area contributed by atoms with Crippen LogP contribution in [0.1, 0.15) is 58.2 Å². The van der Waals surface area contributed by atoms with Crippen LogP contribution in [0.3, 0.4) is 0 Å². The van der Waals surface area contributed by atoms with Gasteiger partial charge in [0.1, 0.15) is 4.90 Å². The summed E-state index contributed by atoms with van der Waals surface area (Å²) in [7, 11) is -2.77. The number of esters is 1. The van der Waals surface area contributed by atoms with Gasteiger partial charge in [0.25, 0.3) is 21.8 Å². The third-order valence-corrected chi connectivity index (χ3v) is 7.06. The van der Waals surface area contributed by atoms with E-state index in [2.05, 4.69) is 5.32 Å². The van der Waals surface area contributed by atoms with Crippen molar-refractivity contribution in [3.63, 3.8) is 0 Å². The first-order chi connectivity index (χ1) is 14.6. The maximum absolute atomic E-state index is 12.9. The molecule has 2 aromatic rings. The van der Waals surface area contributed by atoms with Gasteiger partial charge in [0, 0.05) is 11.6 Å². The summed E-state index contributed by atoms with van der Waals surface area (Å²) in [5.41, 5.74) is 1.84. The number of aryl methyl sites for hydroxylation is 1. The SMILES string of the molecule is COC(=O)CC(NC(=O)c1ccc2c(c1)S(=O)(=O)N(C(C)C)C2=O)c1ccc(C)cc1. The maximum atomic E-state index is 12.9. The molecule has 3 rings (SSSR count). The van der Waals surface area contributed by atoms with Gasteiger partial charge in [0.05, 0.1) is 25.1 Å². The fourth-order valence-corrected chi connectivity index (χ4v) is 5.23. The number of carbonyl (C=O) groups excluding carboxylic acids is 3. The first-order valence-electron chi connectivity index (χ1n) is 9.73. The van der Waals surface area contributed by atoms with Crippen molar-refractivity contribution < 1.29 is 27.5 Å². The molecular weight excluding hydrogens is 420 g/mol. The predicted molar refractivity (Wildman–Crippen MR) is 113 cm³/mol. The van der Waals surface area contributed by atoms with Gasteiger partial charge >= 0.3 is 5.97 Å². The van der Waals surface area contributed by atoms with E-state index in [1.807, 2.05) is 19.1 Å². The van der Waals surface area contributed by atoms with E-state index in [-0.39, 0.29) is 22.4 Å². The molecule has 0 fully saturated rings. The number of methoxy groups -OCH3 is 1. The van der Waals surface area contributed by atoms with Gasteiger partial charge in [0.15, 0.2) is 0 Å². The molecule has 1 N–H and O–H groups in total. The van der Waals surface area contributed by atoms with Crippen molar-refractivity contribution in [2.24, 2.45) is 0 Å². The molecule has 1 aliphatic heterocycles. The Bertz CT molecular complexity index is 1140. The van der Waals surface area contributed by atoms with E-state index < -0.39 is 39.9 Å². The van der Waals surface area contributed by atoms with Gasteiger partial charge in [-0.1, -0.05) is 29.8 Å². The van der Waals surface area contributed by atoms with Gasteiger partial charge < -0.3 is 10.1 Å². The van der Waals surface area contributed by atoms with Crippen LogP contribution in [-0.2, 0) is 19.6 Å². The summed E-state index contributed by atoms with van der Waals surface area (Å²) in [6, 6.07) is 10.0. The first-order valence-corrected chi connectivity index (χ1v) is 11.2. The highest BCUT2D eigenvalue weighted by Crippen LogP contribution is 2.32. The third-order valence-electron chi connectivity index (χ3n) is 5.06. The van der Waals surface area contributed by atoms with Crippen molar-refractivity contribution in [1.29, 1.82) is 0 Å². The van der Waals surface area contributed by atoms with Crippen molar-refractivity contribution in [2.45, 2.75) is 44.2 Å². The lowest BCUT2D eigenvalue weighted by atomic mass is 10.0. The number of carbonyl (C=O) groups is 3. The van der Waals surface area contributed by atoms with E-state index in [1.54, 1.807) is 26.0 Å². The normalized spacial score (nSPS) is 15.5. The number of ether oxygens (including phenoxy) is 1. The van der Waals surface area contributed by atoms with Gasteiger partial charge in [-0.3, -0.25) is 14.4 Å². The van der Waals surface area contributed by atoms with Crippen LogP contribution in [0.15, 0.2) is 47.4 Å². The zero-order chi connectivity index (χ0) is 22.9. The second-order valence-corrected chi connectivity index (χ2v) is 9.41. The number of rotatable bonds is 6. The average Bonchev–Trinajstić information content (AvgIpc) is 2.92. The summed E-state index contributed by atoms with van der Waals surface area (Å²) in [6.45, 7) is 5.13. The molecule has 1 atom stereocenters.